The molecule has 60 valence electrons. The van der Waals surface area contributed by atoms with E-state index in [1.54, 1.807) is 6.92 Å². The minimum atomic E-state index is -1.53. The van der Waals surface area contributed by atoms with E-state index < -0.39 is 11.8 Å². The molecule has 10 heavy (non-hydrogen) atoms. The Morgan fingerprint density at radius 1 is 1.70 bits per heavy atom. The van der Waals surface area contributed by atoms with Gasteiger partial charge in [0.2, 0.25) is 0 Å². The van der Waals surface area contributed by atoms with Gasteiger partial charge in [-0.2, -0.15) is 0 Å². The van der Waals surface area contributed by atoms with Crippen LogP contribution in [-0.2, 0) is 9.53 Å². The summed E-state index contributed by atoms with van der Waals surface area (Å²) in [6.45, 7) is 3.32. The van der Waals surface area contributed by atoms with Crippen LogP contribution < -0.4 is 0 Å². The molecule has 0 aliphatic rings. The fourth-order valence-corrected chi connectivity index (χ4v) is 0.643. The molecule has 4 heteroatoms. The lowest BCUT2D eigenvalue weighted by atomic mass is 10.2. The Bertz CT molecular complexity index is 119. The number of hydrogen-bond acceptors (Lipinski definition) is 3. The number of hydrogen-bond donors (Lipinski definition) is 2. The van der Waals surface area contributed by atoms with Gasteiger partial charge in [-0.25, -0.2) is 0 Å². The van der Waals surface area contributed by atoms with Crippen LogP contribution in [0, 0.1) is 0 Å². The molecule has 0 rings (SSSR count). The first kappa shape index (κ1) is 9.39. The van der Waals surface area contributed by atoms with Gasteiger partial charge in [-0.15, -0.1) is 0 Å². The zero-order valence-corrected chi connectivity index (χ0v) is 6.13. The van der Waals surface area contributed by atoms with E-state index in [-0.39, 0.29) is 6.42 Å². The maximum atomic E-state index is 10.0. The second kappa shape index (κ2) is 3.53. The minimum absolute atomic E-state index is 0.306. The third-order valence-electron chi connectivity index (χ3n) is 0.935. The van der Waals surface area contributed by atoms with E-state index in [0.29, 0.717) is 6.61 Å². The summed E-state index contributed by atoms with van der Waals surface area (Å²) in [7, 11) is 0. The van der Waals surface area contributed by atoms with Crippen molar-refractivity contribution in [1.29, 1.82) is 0 Å². The molecule has 0 aliphatic heterocycles. The number of aliphatic hydroxyl groups is 1. The SMILES string of the molecule is CCOC(C)(O)CC(=O)O. The zero-order valence-electron chi connectivity index (χ0n) is 6.13. The van der Waals surface area contributed by atoms with Gasteiger partial charge in [-0.05, 0) is 13.8 Å². The second-order valence-electron chi connectivity index (χ2n) is 2.18. The van der Waals surface area contributed by atoms with Gasteiger partial charge in [0.25, 0.3) is 0 Å². The third-order valence-corrected chi connectivity index (χ3v) is 0.935. The van der Waals surface area contributed by atoms with Gasteiger partial charge in [-0.3, -0.25) is 4.79 Å². The highest BCUT2D eigenvalue weighted by atomic mass is 16.6. The zero-order chi connectivity index (χ0) is 8.20. The van der Waals surface area contributed by atoms with Gasteiger partial charge in [-0.1, -0.05) is 0 Å². The summed E-state index contributed by atoms with van der Waals surface area (Å²) >= 11 is 0. The van der Waals surface area contributed by atoms with Crippen LogP contribution in [0.4, 0.5) is 0 Å². The van der Waals surface area contributed by atoms with E-state index in [9.17, 15) is 4.79 Å². The number of ether oxygens (including phenoxy) is 1. The van der Waals surface area contributed by atoms with Crippen LogP contribution in [0.15, 0.2) is 0 Å². The molecule has 0 aromatic heterocycles. The molecule has 0 aromatic rings. The van der Waals surface area contributed by atoms with Gasteiger partial charge in [0.1, 0.15) is 0 Å². The van der Waals surface area contributed by atoms with Crippen molar-refractivity contribution in [2.75, 3.05) is 6.61 Å². The van der Waals surface area contributed by atoms with Crippen molar-refractivity contribution in [3.63, 3.8) is 0 Å². The van der Waals surface area contributed by atoms with Crippen LogP contribution in [0.1, 0.15) is 20.3 Å². The quantitative estimate of drug-likeness (QED) is 0.559. The Morgan fingerprint density at radius 3 is 2.50 bits per heavy atom. The molecule has 0 heterocycles. The number of carboxylic acids is 1. The molecule has 0 aromatic carbocycles. The summed E-state index contributed by atoms with van der Waals surface area (Å²) in [5.74, 6) is -2.60. The fraction of sp³-hybridized carbons (Fsp3) is 0.833. The van der Waals surface area contributed by atoms with Crippen LogP contribution in [0.25, 0.3) is 0 Å². The van der Waals surface area contributed by atoms with Crippen molar-refractivity contribution >= 4 is 5.97 Å². The highest BCUT2D eigenvalue weighted by Gasteiger charge is 2.23. The van der Waals surface area contributed by atoms with E-state index in [1.807, 2.05) is 0 Å². The van der Waals surface area contributed by atoms with Crippen molar-refractivity contribution in [3.8, 4) is 0 Å². The van der Waals surface area contributed by atoms with Crippen molar-refractivity contribution in [3.05, 3.63) is 0 Å². The van der Waals surface area contributed by atoms with E-state index in [4.69, 9.17) is 14.9 Å². The Morgan fingerprint density at radius 2 is 2.20 bits per heavy atom. The Balaban J connectivity index is 3.74. The maximum absolute atomic E-state index is 10.0. The summed E-state index contributed by atoms with van der Waals surface area (Å²) in [5, 5.41) is 17.3. The van der Waals surface area contributed by atoms with E-state index in [0.717, 1.165) is 0 Å². The Labute approximate surface area is 59.4 Å². The molecule has 0 radical (unpaired) electrons. The molecule has 0 aliphatic carbocycles. The number of carboxylic acid groups (broad SMARTS) is 1. The predicted molar refractivity (Wildman–Crippen MR) is 34.5 cm³/mol. The van der Waals surface area contributed by atoms with E-state index in [1.165, 1.54) is 6.92 Å². The smallest absolute Gasteiger partial charge is 0.308 e. The van der Waals surface area contributed by atoms with E-state index in [2.05, 4.69) is 0 Å². The molecule has 0 spiro atoms. The average Bonchev–Trinajstić information content (AvgIpc) is 1.59. The molecule has 1 unspecified atom stereocenters. The molecule has 0 bridgehead atoms. The van der Waals surface area contributed by atoms with Crippen molar-refractivity contribution in [2.24, 2.45) is 0 Å². The molecule has 1 atom stereocenters. The number of aliphatic carboxylic acids is 1. The van der Waals surface area contributed by atoms with Gasteiger partial charge < -0.3 is 14.9 Å². The van der Waals surface area contributed by atoms with Crippen molar-refractivity contribution in [2.45, 2.75) is 26.1 Å². The number of rotatable bonds is 4. The van der Waals surface area contributed by atoms with Crippen molar-refractivity contribution < 1.29 is 19.7 Å². The second-order valence-corrected chi connectivity index (χ2v) is 2.18. The third kappa shape index (κ3) is 4.29. The first-order chi connectivity index (χ1) is 4.48. The van der Waals surface area contributed by atoms with Crippen LogP contribution in [-0.4, -0.2) is 28.6 Å². The summed E-state index contributed by atoms with van der Waals surface area (Å²) in [6.07, 6.45) is -0.388. The lowest BCUT2D eigenvalue weighted by Crippen LogP contribution is -2.31. The van der Waals surface area contributed by atoms with E-state index >= 15 is 0 Å². The molecule has 0 saturated carbocycles. The highest BCUT2D eigenvalue weighted by molar-refractivity contribution is 5.67. The summed E-state index contributed by atoms with van der Waals surface area (Å²) in [4.78, 5) is 10.0. The van der Waals surface area contributed by atoms with Gasteiger partial charge >= 0.3 is 5.97 Å². The van der Waals surface area contributed by atoms with Gasteiger partial charge in [0, 0.05) is 6.61 Å². The van der Waals surface area contributed by atoms with Crippen LogP contribution in [0.3, 0.4) is 0 Å². The molecular formula is C6H12O4. The Kier molecular flexibility index (Phi) is 3.32. The standard InChI is InChI=1S/C6H12O4/c1-3-10-6(2,9)4-5(7)8/h9H,3-4H2,1-2H3,(H,7,8). The van der Waals surface area contributed by atoms with Gasteiger partial charge in [0.15, 0.2) is 5.79 Å². The maximum Gasteiger partial charge on any atom is 0.308 e. The molecular weight excluding hydrogens is 136 g/mol. The monoisotopic (exact) mass is 148 g/mol. The van der Waals surface area contributed by atoms with Crippen LogP contribution in [0.5, 0.6) is 0 Å². The lowest BCUT2D eigenvalue weighted by molar-refractivity contribution is -0.198. The predicted octanol–water partition coefficient (Wildman–Crippen LogP) is 0.206. The molecule has 2 N–H and O–H groups in total. The topological polar surface area (TPSA) is 66.8 Å². The fourth-order valence-electron chi connectivity index (χ4n) is 0.643. The largest absolute Gasteiger partial charge is 0.481 e. The summed E-state index contributed by atoms with van der Waals surface area (Å²) < 4.78 is 4.71. The summed E-state index contributed by atoms with van der Waals surface area (Å²) in [6, 6.07) is 0. The average molecular weight is 148 g/mol. The molecule has 0 amide bonds. The highest BCUT2D eigenvalue weighted by Crippen LogP contribution is 2.09. The Hall–Kier alpha value is -0.610. The normalized spacial score (nSPS) is 16.3. The molecule has 4 nitrogen and oxygen atoms in total. The van der Waals surface area contributed by atoms with Gasteiger partial charge in [0.05, 0.1) is 6.42 Å². The lowest BCUT2D eigenvalue weighted by Gasteiger charge is -2.20. The van der Waals surface area contributed by atoms with Crippen LogP contribution >= 0.6 is 0 Å². The first-order valence-corrected chi connectivity index (χ1v) is 3.06. The van der Waals surface area contributed by atoms with Crippen LogP contribution in [0.2, 0.25) is 0 Å². The first-order valence-electron chi connectivity index (χ1n) is 3.06. The minimum Gasteiger partial charge on any atom is -0.481 e. The number of carbonyl (C=O) groups is 1. The molecule has 0 fully saturated rings. The summed E-state index contributed by atoms with van der Waals surface area (Å²) in [5.41, 5.74) is 0. The van der Waals surface area contributed by atoms with Crippen molar-refractivity contribution in [1.82, 2.24) is 0 Å². The molecule has 0 saturated heterocycles.